The van der Waals surface area contributed by atoms with Gasteiger partial charge in [0.25, 0.3) is 11.6 Å². The molecule has 0 aromatic heterocycles. The number of anilines is 1. The first-order valence-corrected chi connectivity index (χ1v) is 8.52. The summed E-state index contributed by atoms with van der Waals surface area (Å²) in [6.07, 6.45) is 0. The first-order chi connectivity index (χ1) is 11.9. The van der Waals surface area contributed by atoms with Gasteiger partial charge >= 0.3 is 0 Å². The summed E-state index contributed by atoms with van der Waals surface area (Å²) >= 11 is 2.25. The van der Waals surface area contributed by atoms with Gasteiger partial charge in [-0.1, -0.05) is 0 Å². The molecule has 0 aliphatic rings. The van der Waals surface area contributed by atoms with Gasteiger partial charge in [0.15, 0.2) is 0 Å². The van der Waals surface area contributed by atoms with E-state index in [4.69, 9.17) is 0 Å². The predicted molar refractivity (Wildman–Crippen MR) is 106 cm³/mol. The highest BCUT2D eigenvalue weighted by atomic mass is 127. The lowest BCUT2D eigenvalue weighted by atomic mass is 10.1. The molecule has 0 atom stereocenters. The van der Waals surface area contributed by atoms with Crippen molar-refractivity contribution in [3.63, 3.8) is 0 Å². The standard InChI is InChI=1S/C17H17IN4O3/c1-11-9-14(5-8-16(11)18)19-10-17(23)21-20-12(2)13-3-6-15(7-4-13)22(24)25/h3-9,19H,10H2,1-2H3,(H,21,23)/b20-12-. The number of carbonyl (C=O) groups excluding carboxylic acids is 1. The van der Waals surface area contributed by atoms with Crippen molar-refractivity contribution in [2.24, 2.45) is 5.10 Å². The van der Waals surface area contributed by atoms with Crippen molar-refractivity contribution in [3.8, 4) is 0 Å². The largest absolute Gasteiger partial charge is 0.376 e. The third-order valence-corrected chi connectivity index (χ3v) is 4.67. The van der Waals surface area contributed by atoms with Gasteiger partial charge in [0.2, 0.25) is 0 Å². The van der Waals surface area contributed by atoms with E-state index in [1.54, 1.807) is 19.1 Å². The first-order valence-electron chi connectivity index (χ1n) is 7.45. The number of hydrogen-bond acceptors (Lipinski definition) is 5. The molecular weight excluding hydrogens is 435 g/mol. The van der Waals surface area contributed by atoms with Gasteiger partial charge in [0, 0.05) is 21.4 Å². The number of non-ortho nitro benzene ring substituents is 1. The van der Waals surface area contributed by atoms with Crippen LogP contribution in [-0.2, 0) is 4.79 Å². The Hall–Kier alpha value is -2.49. The zero-order valence-electron chi connectivity index (χ0n) is 13.7. The van der Waals surface area contributed by atoms with Gasteiger partial charge in [0.05, 0.1) is 17.2 Å². The zero-order chi connectivity index (χ0) is 18.4. The van der Waals surface area contributed by atoms with E-state index < -0.39 is 4.92 Å². The smallest absolute Gasteiger partial charge is 0.269 e. The summed E-state index contributed by atoms with van der Waals surface area (Å²) in [6, 6.07) is 11.8. The van der Waals surface area contributed by atoms with E-state index in [1.165, 1.54) is 12.1 Å². The monoisotopic (exact) mass is 452 g/mol. The molecule has 2 rings (SSSR count). The predicted octanol–water partition coefficient (Wildman–Crippen LogP) is 3.46. The fraction of sp³-hybridized carbons (Fsp3) is 0.176. The second kappa shape index (κ2) is 8.56. The molecule has 1 amide bonds. The maximum Gasteiger partial charge on any atom is 0.269 e. The molecule has 0 saturated carbocycles. The van der Waals surface area contributed by atoms with Gasteiger partial charge in [-0.2, -0.15) is 5.10 Å². The van der Waals surface area contributed by atoms with Crippen LogP contribution in [0.3, 0.4) is 0 Å². The topological polar surface area (TPSA) is 96.6 Å². The molecule has 0 fully saturated rings. The Morgan fingerprint density at radius 2 is 1.92 bits per heavy atom. The fourth-order valence-corrected chi connectivity index (χ4v) is 2.35. The number of aryl methyl sites for hydroxylation is 1. The van der Waals surface area contributed by atoms with Crippen LogP contribution in [0.25, 0.3) is 0 Å². The van der Waals surface area contributed by atoms with E-state index in [0.29, 0.717) is 11.3 Å². The summed E-state index contributed by atoms with van der Waals surface area (Å²) in [5.41, 5.74) is 5.74. The minimum Gasteiger partial charge on any atom is -0.376 e. The molecule has 0 spiro atoms. The van der Waals surface area contributed by atoms with E-state index in [-0.39, 0.29) is 18.1 Å². The number of amides is 1. The molecule has 130 valence electrons. The normalized spacial score (nSPS) is 11.1. The number of benzene rings is 2. The van der Waals surface area contributed by atoms with Crippen LogP contribution in [0.1, 0.15) is 18.1 Å². The highest BCUT2D eigenvalue weighted by molar-refractivity contribution is 14.1. The highest BCUT2D eigenvalue weighted by Gasteiger charge is 2.06. The van der Waals surface area contributed by atoms with Crippen LogP contribution in [0.4, 0.5) is 11.4 Å². The maximum absolute atomic E-state index is 11.9. The molecule has 2 N–H and O–H groups in total. The van der Waals surface area contributed by atoms with E-state index >= 15 is 0 Å². The quantitative estimate of drug-likeness (QED) is 0.304. The van der Waals surface area contributed by atoms with Gasteiger partial charge in [0.1, 0.15) is 0 Å². The first kappa shape index (κ1) is 18.8. The third-order valence-electron chi connectivity index (χ3n) is 3.46. The Kier molecular flexibility index (Phi) is 6.45. The van der Waals surface area contributed by atoms with Crippen LogP contribution in [0.5, 0.6) is 0 Å². The number of rotatable bonds is 6. The minimum absolute atomic E-state index is 0.0117. The van der Waals surface area contributed by atoms with Crippen LogP contribution in [0.15, 0.2) is 47.6 Å². The minimum atomic E-state index is -0.462. The molecule has 0 aliphatic carbocycles. The molecule has 25 heavy (non-hydrogen) atoms. The van der Waals surface area contributed by atoms with Gasteiger partial charge in [-0.3, -0.25) is 14.9 Å². The average molecular weight is 452 g/mol. The number of hydrazone groups is 1. The Morgan fingerprint density at radius 1 is 1.24 bits per heavy atom. The van der Waals surface area contributed by atoms with Crippen LogP contribution in [0.2, 0.25) is 0 Å². The molecule has 0 heterocycles. The van der Waals surface area contributed by atoms with Gasteiger partial charge in [-0.05, 0) is 77.9 Å². The summed E-state index contributed by atoms with van der Waals surface area (Å²) < 4.78 is 1.16. The number of halogens is 1. The lowest BCUT2D eigenvalue weighted by Crippen LogP contribution is -2.26. The highest BCUT2D eigenvalue weighted by Crippen LogP contribution is 2.16. The van der Waals surface area contributed by atoms with E-state index in [2.05, 4.69) is 38.4 Å². The number of nitro groups is 1. The second-order valence-electron chi connectivity index (χ2n) is 5.35. The number of hydrogen-bond donors (Lipinski definition) is 2. The van der Waals surface area contributed by atoms with Gasteiger partial charge in [-0.15, -0.1) is 0 Å². The summed E-state index contributed by atoms with van der Waals surface area (Å²) in [4.78, 5) is 22.1. The zero-order valence-corrected chi connectivity index (χ0v) is 15.9. The van der Waals surface area contributed by atoms with Crippen molar-refractivity contribution in [2.45, 2.75) is 13.8 Å². The van der Waals surface area contributed by atoms with Crippen LogP contribution >= 0.6 is 22.6 Å². The molecule has 7 nitrogen and oxygen atoms in total. The van der Waals surface area contributed by atoms with Crippen molar-refractivity contribution in [1.82, 2.24) is 5.43 Å². The third kappa shape index (κ3) is 5.52. The number of nitrogens with zero attached hydrogens (tertiary/aromatic N) is 2. The maximum atomic E-state index is 11.9. The van der Waals surface area contributed by atoms with E-state index in [0.717, 1.165) is 14.8 Å². The Balaban J connectivity index is 1.90. The SMILES string of the molecule is C/C(=N/NC(=O)CNc1ccc(I)c(C)c1)c1ccc([N+](=O)[O-])cc1. The van der Waals surface area contributed by atoms with Crippen LogP contribution in [0, 0.1) is 20.6 Å². The van der Waals surface area contributed by atoms with Crippen molar-refractivity contribution in [3.05, 3.63) is 67.3 Å². The molecule has 2 aromatic rings. The molecule has 0 aliphatic heterocycles. The number of carbonyl (C=O) groups is 1. The molecule has 8 heteroatoms. The van der Waals surface area contributed by atoms with E-state index in [9.17, 15) is 14.9 Å². The molecule has 2 aromatic carbocycles. The fourth-order valence-electron chi connectivity index (χ4n) is 2.01. The van der Waals surface area contributed by atoms with Crippen molar-refractivity contribution < 1.29 is 9.72 Å². The summed E-state index contributed by atoms with van der Waals surface area (Å²) in [5.74, 6) is -0.280. The molecule has 0 unspecified atom stereocenters. The number of nitrogens with one attached hydrogen (secondary N) is 2. The lowest BCUT2D eigenvalue weighted by Gasteiger charge is -2.08. The second-order valence-corrected chi connectivity index (χ2v) is 6.52. The Morgan fingerprint density at radius 3 is 2.52 bits per heavy atom. The van der Waals surface area contributed by atoms with Crippen molar-refractivity contribution >= 4 is 45.6 Å². The molecular formula is C17H17IN4O3. The average Bonchev–Trinajstić information content (AvgIpc) is 2.60. The number of nitro benzene ring substituents is 1. The Labute approximate surface area is 158 Å². The summed E-state index contributed by atoms with van der Waals surface area (Å²) in [6.45, 7) is 3.82. The molecule has 0 saturated heterocycles. The summed E-state index contributed by atoms with van der Waals surface area (Å²) in [5, 5.41) is 17.7. The summed E-state index contributed by atoms with van der Waals surface area (Å²) in [7, 11) is 0. The lowest BCUT2D eigenvalue weighted by molar-refractivity contribution is -0.384. The van der Waals surface area contributed by atoms with E-state index in [1.807, 2.05) is 25.1 Å². The molecule has 0 radical (unpaired) electrons. The van der Waals surface area contributed by atoms with Crippen LogP contribution < -0.4 is 10.7 Å². The Bertz CT molecular complexity index is 819. The van der Waals surface area contributed by atoms with Crippen LogP contribution in [-0.4, -0.2) is 23.1 Å². The molecule has 0 bridgehead atoms. The van der Waals surface area contributed by atoms with Gasteiger partial charge < -0.3 is 5.32 Å². The van der Waals surface area contributed by atoms with Crippen molar-refractivity contribution in [2.75, 3.05) is 11.9 Å². The van der Waals surface area contributed by atoms with Crippen molar-refractivity contribution in [1.29, 1.82) is 0 Å². The van der Waals surface area contributed by atoms with Gasteiger partial charge in [-0.25, -0.2) is 5.43 Å².